The van der Waals surface area contributed by atoms with E-state index in [9.17, 15) is 24.0 Å². The fraction of sp³-hybridized carbons (Fsp3) is 0.667. The van der Waals surface area contributed by atoms with E-state index < -0.39 is 5.91 Å². The lowest BCUT2D eigenvalue weighted by Gasteiger charge is -2.22. The number of rotatable bonds is 13. The summed E-state index contributed by atoms with van der Waals surface area (Å²) in [7, 11) is 1.54. The van der Waals surface area contributed by atoms with Gasteiger partial charge in [-0.2, -0.15) is 0 Å². The lowest BCUT2D eigenvalue weighted by atomic mass is 10.1. The van der Waals surface area contributed by atoms with E-state index in [2.05, 4.69) is 5.32 Å². The molecule has 0 fully saturated rings. The van der Waals surface area contributed by atoms with Crippen LogP contribution in [-0.4, -0.2) is 59.9 Å². The minimum absolute atomic E-state index is 0.0831. The lowest BCUT2D eigenvalue weighted by molar-refractivity contribution is -0.141. The highest BCUT2D eigenvalue weighted by atomic mass is 16.2. The Bertz CT molecular complexity index is 638. The van der Waals surface area contributed by atoms with Gasteiger partial charge in [0.15, 0.2) is 0 Å². The molecule has 0 heterocycles. The summed E-state index contributed by atoms with van der Waals surface area (Å²) in [5.41, 5.74) is 0.912. The predicted octanol–water partition coefficient (Wildman–Crippen LogP) is 2.04. The number of likely N-dealkylation sites (N-methyl/N-ethyl adjacent to an activating group) is 1. The first-order valence-electron chi connectivity index (χ1n) is 10.0. The normalized spacial score (nSPS) is 11.2. The second kappa shape index (κ2) is 13.6. The molecule has 1 N–H and O–H groups in total. The molecule has 1 unspecified atom stereocenters. The largest absolute Gasteiger partial charge is 0.344 e. The Morgan fingerprint density at radius 1 is 1.03 bits per heavy atom. The number of imide groups is 1. The zero-order chi connectivity index (χ0) is 22.6. The van der Waals surface area contributed by atoms with Gasteiger partial charge in [0.2, 0.25) is 18.2 Å². The van der Waals surface area contributed by atoms with Gasteiger partial charge in [0.05, 0.1) is 6.54 Å². The molecule has 4 amide bonds. The molecule has 0 rings (SSSR count). The zero-order valence-corrected chi connectivity index (χ0v) is 18.5. The van der Waals surface area contributed by atoms with Crippen molar-refractivity contribution in [2.75, 3.05) is 20.1 Å². The summed E-state index contributed by atoms with van der Waals surface area (Å²) < 4.78 is 0. The Labute approximate surface area is 173 Å². The van der Waals surface area contributed by atoms with Crippen molar-refractivity contribution in [1.82, 2.24) is 15.1 Å². The molecule has 0 aromatic heterocycles. The van der Waals surface area contributed by atoms with Crippen LogP contribution >= 0.6 is 0 Å². The smallest absolute Gasteiger partial charge is 0.268 e. The van der Waals surface area contributed by atoms with Crippen LogP contribution in [0.4, 0.5) is 0 Å². The average Bonchev–Trinajstić information content (AvgIpc) is 2.67. The van der Waals surface area contributed by atoms with Gasteiger partial charge in [0.1, 0.15) is 11.5 Å². The molecular formula is C21H35N3O5. The van der Waals surface area contributed by atoms with Crippen LogP contribution in [0.15, 0.2) is 11.3 Å². The number of Topliss-reactive ketones (excluding diaryl/α,β-unsaturated/α-hetero) is 1. The predicted molar refractivity (Wildman–Crippen MR) is 111 cm³/mol. The molecule has 8 heteroatoms. The Kier molecular flexibility index (Phi) is 12.5. The van der Waals surface area contributed by atoms with Crippen molar-refractivity contribution in [2.24, 2.45) is 5.92 Å². The first kappa shape index (κ1) is 26.5. The summed E-state index contributed by atoms with van der Waals surface area (Å²) in [6, 6.07) is 0. The summed E-state index contributed by atoms with van der Waals surface area (Å²) in [5.74, 6) is -1.20. The third-order valence-electron chi connectivity index (χ3n) is 4.63. The second-order valence-electron chi connectivity index (χ2n) is 7.44. The molecular weight excluding hydrogens is 374 g/mol. The molecule has 8 nitrogen and oxygen atoms in total. The van der Waals surface area contributed by atoms with E-state index >= 15 is 0 Å². The number of allylic oxidation sites excluding steroid dienone is 1. The quantitative estimate of drug-likeness (QED) is 0.285. The summed E-state index contributed by atoms with van der Waals surface area (Å²) in [6.07, 6.45) is 3.36. The van der Waals surface area contributed by atoms with Crippen molar-refractivity contribution in [3.63, 3.8) is 0 Å². The number of unbranched alkanes of at least 4 members (excludes halogenated alkanes) is 2. The molecule has 1 atom stereocenters. The fourth-order valence-corrected chi connectivity index (χ4v) is 2.70. The number of hydrogen-bond donors (Lipinski definition) is 1. The number of carbonyl (C=O) groups is 5. The molecule has 0 spiro atoms. The Morgan fingerprint density at radius 3 is 2.14 bits per heavy atom. The van der Waals surface area contributed by atoms with E-state index in [1.807, 2.05) is 6.92 Å². The summed E-state index contributed by atoms with van der Waals surface area (Å²) in [6.45, 7) is 8.78. The third-order valence-corrected chi connectivity index (χ3v) is 4.63. The minimum Gasteiger partial charge on any atom is -0.344 e. The Balaban J connectivity index is 4.56. The third kappa shape index (κ3) is 9.49. The van der Waals surface area contributed by atoms with Crippen molar-refractivity contribution in [3.05, 3.63) is 11.3 Å². The molecule has 0 aliphatic heterocycles. The Morgan fingerprint density at radius 2 is 1.66 bits per heavy atom. The van der Waals surface area contributed by atoms with Gasteiger partial charge in [0, 0.05) is 25.9 Å². The van der Waals surface area contributed by atoms with Gasteiger partial charge >= 0.3 is 0 Å². The molecule has 0 radical (unpaired) electrons. The maximum absolute atomic E-state index is 12.4. The molecule has 164 valence electrons. The van der Waals surface area contributed by atoms with Crippen LogP contribution in [-0.2, 0) is 24.0 Å². The highest BCUT2D eigenvalue weighted by Gasteiger charge is 2.21. The zero-order valence-electron chi connectivity index (χ0n) is 18.5. The number of nitrogens with one attached hydrogen (secondary N) is 1. The van der Waals surface area contributed by atoms with E-state index in [0.29, 0.717) is 44.2 Å². The second-order valence-corrected chi connectivity index (χ2v) is 7.44. The molecule has 0 aliphatic rings. The number of ketones is 1. The topological polar surface area (TPSA) is 104 Å². The van der Waals surface area contributed by atoms with Crippen molar-refractivity contribution in [2.45, 2.75) is 66.7 Å². The summed E-state index contributed by atoms with van der Waals surface area (Å²) >= 11 is 0. The molecule has 0 aromatic carbocycles. The molecule has 29 heavy (non-hydrogen) atoms. The van der Waals surface area contributed by atoms with Crippen LogP contribution in [0.5, 0.6) is 0 Å². The van der Waals surface area contributed by atoms with Crippen LogP contribution in [0.2, 0.25) is 0 Å². The van der Waals surface area contributed by atoms with E-state index in [4.69, 9.17) is 0 Å². The maximum Gasteiger partial charge on any atom is 0.268 e. The number of nitrogens with zero attached hydrogens (tertiary/aromatic N) is 2. The van der Waals surface area contributed by atoms with Crippen molar-refractivity contribution in [1.29, 1.82) is 0 Å². The van der Waals surface area contributed by atoms with Crippen molar-refractivity contribution < 1.29 is 24.0 Å². The van der Waals surface area contributed by atoms with E-state index in [1.54, 1.807) is 20.8 Å². The van der Waals surface area contributed by atoms with E-state index in [0.717, 1.165) is 0 Å². The Hall–Kier alpha value is -2.51. The highest BCUT2D eigenvalue weighted by Crippen LogP contribution is 2.13. The summed E-state index contributed by atoms with van der Waals surface area (Å²) in [4.78, 5) is 61.4. The van der Waals surface area contributed by atoms with Gasteiger partial charge in [-0.15, -0.1) is 0 Å². The monoisotopic (exact) mass is 409 g/mol. The van der Waals surface area contributed by atoms with Gasteiger partial charge in [-0.1, -0.05) is 20.3 Å². The van der Waals surface area contributed by atoms with Crippen LogP contribution in [0.1, 0.15) is 66.7 Å². The molecule has 0 bridgehead atoms. The van der Waals surface area contributed by atoms with Crippen LogP contribution in [0.25, 0.3) is 0 Å². The van der Waals surface area contributed by atoms with Crippen LogP contribution < -0.4 is 5.32 Å². The average molecular weight is 410 g/mol. The van der Waals surface area contributed by atoms with Crippen LogP contribution in [0, 0.1) is 5.92 Å². The molecule has 0 saturated heterocycles. The number of carbonyl (C=O) groups excluding carboxylic acids is 5. The lowest BCUT2D eigenvalue weighted by Crippen LogP contribution is -2.38. The first-order chi connectivity index (χ1) is 13.6. The van der Waals surface area contributed by atoms with Crippen LogP contribution in [0.3, 0.4) is 0 Å². The number of amides is 4. The fourth-order valence-electron chi connectivity index (χ4n) is 2.70. The molecule has 0 aliphatic carbocycles. The van der Waals surface area contributed by atoms with Gasteiger partial charge in [0.25, 0.3) is 5.91 Å². The summed E-state index contributed by atoms with van der Waals surface area (Å²) in [5, 5.41) is 2.51. The number of hydrogen-bond acceptors (Lipinski definition) is 5. The van der Waals surface area contributed by atoms with E-state index in [1.165, 1.54) is 23.8 Å². The van der Waals surface area contributed by atoms with Gasteiger partial charge in [-0.3, -0.25) is 28.9 Å². The van der Waals surface area contributed by atoms with Gasteiger partial charge < -0.3 is 10.2 Å². The molecule has 0 saturated carbocycles. The minimum atomic E-state index is -0.457. The highest BCUT2D eigenvalue weighted by molar-refractivity contribution is 5.99. The van der Waals surface area contributed by atoms with Gasteiger partial charge in [-0.05, 0) is 45.6 Å². The van der Waals surface area contributed by atoms with Gasteiger partial charge in [-0.25, -0.2) is 0 Å². The van der Waals surface area contributed by atoms with Crippen molar-refractivity contribution >= 4 is 29.9 Å². The standard InChI is InChI=1S/C21H35N3O5/c1-7-16(4)21(29)24(14-25)12-10-8-9-11-18(27)23(6)19(15(2)3)20(28)22-13-17(5)26/h14,16H,7-13H2,1-6H3,(H,22,28). The molecule has 0 aromatic rings. The van der Waals surface area contributed by atoms with Crippen molar-refractivity contribution in [3.8, 4) is 0 Å². The first-order valence-corrected chi connectivity index (χ1v) is 10.0. The van der Waals surface area contributed by atoms with E-state index in [-0.39, 0.29) is 42.2 Å². The SMILES string of the molecule is CCC(C)C(=O)N(C=O)CCCCCC(=O)N(C)C(C(=O)NCC(C)=O)=C(C)C. The maximum atomic E-state index is 12.4.